The van der Waals surface area contributed by atoms with Gasteiger partial charge in [-0.15, -0.1) is 0 Å². The first-order valence-electron chi connectivity index (χ1n) is 6.38. The van der Waals surface area contributed by atoms with Crippen LogP contribution in [0, 0.1) is 6.92 Å². The standard InChI is InChI=1S/C13H20N2O2S/c1-11-4-6-13(7-5-11)18(16,17)15-10-8-12-3-2-9-14-12/h4-7,12,14-15H,2-3,8-10H2,1H3/t12-/m1/s1. The van der Waals surface area contributed by atoms with Crippen molar-refractivity contribution in [1.82, 2.24) is 10.0 Å². The highest BCUT2D eigenvalue weighted by Crippen LogP contribution is 2.11. The lowest BCUT2D eigenvalue weighted by molar-refractivity contribution is 0.539. The van der Waals surface area contributed by atoms with Gasteiger partial charge in [-0.1, -0.05) is 17.7 Å². The first-order chi connectivity index (χ1) is 8.58. The molecule has 0 unspecified atom stereocenters. The number of aryl methyl sites for hydroxylation is 1. The Morgan fingerprint density at radius 1 is 1.33 bits per heavy atom. The van der Waals surface area contributed by atoms with Crippen molar-refractivity contribution < 1.29 is 8.42 Å². The van der Waals surface area contributed by atoms with Crippen LogP contribution in [0.1, 0.15) is 24.8 Å². The number of sulfonamides is 1. The second-order valence-corrected chi connectivity index (χ2v) is 6.56. The predicted molar refractivity (Wildman–Crippen MR) is 72.0 cm³/mol. The van der Waals surface area contributed by atoms with E-state index in [0.717, 1.165) is 24.9 Å². The van der Waals surface area contributed by atoms with Gasteiger partial charge in [0.25, 0.3) is 0 Å². The van der Waals surface area contributed by atoms with Crippen molar-refractivity contribution >= 4 is 10.0 Å². The lowest BCUT2D eigenvalue weighted by Gasteiger charge is -2.11. The lowest BCUT2D eigenvalue weighted by atomic mass is 10.2. The van der Waals surface area contributed by atoms with Gasteiger partial charge in [0.1, 0.15) is 0 Å². The topological polar surface area (TPSA) is 58.2 Å². The fourth-order valence-electron chi connectivity index (χ4n) is 2.17. The maximum absolute atomic E-state index is 12.0. The molecule has 1 aromatic rings. The molecule has 1 heterocycles. The van der Waals surface area contributed by atoms with Crippen molar-refractivity contribution in [1.29, 1.82) is 0 Å². The van der Waals surface area contributed by atoms with Crippen LogP contribution >= 0.6 is 0 Å². The molecule has 100 valence electrons. The second kappa shape index (κ2) is 5.82. The van der Waals surface area contributed by atoms with E-state index in [2.05, 4.69) is 10.0 Å². The third-order valence-corrected chi connectivity index (χ3v) is 4.76. The van der Waals surface area contributed by atoms with Crippen LogP contribution in [0.4, 0.5) is 0 Å². The fraction of sp³-hybridized carbons (Fsp3) is 0.538. The minimum absolute atomic E-state index is 0.340. The molecule has 0 spiro atoms. The van der Waals surface area contributed by atoms with Gasteiger partial charge in [-0.3, -0.25) is 0 Å². The number of benzene rings is 1. The third kappa shape index (κ3) is 3.54. The molecule has 0 aliphatic carbocycles. The normalized spacial score (nSPS) is 20.2. The van der Waals surface area contributed by atoms with E-state index in [-0.39, 0.29) is 0 Å². The van der Waals surface area contributed by atoms with Crippen LogP contribution in [-0.4, -0.2) is 27.5 Å². The fourth-order valence-corrected chi connectivity index (χ4v) is 3.22. The van der Waals surface area contributed by atoms with Crippen LogP contribution < -0.4 is 10.0 Å². The molecule has 1 atom stereocenters. The molecule has 1 aromatic carbocycles. The van der Waals surface area contributed by atoms with E-state index in [1.807, 2.05) is 19.1 Å². The van der Waals surface area contributed by atoms with Gasteiger partial charge in [0.15, 0.2) is 0 Å². The highest BCUT2D eigenvalue weighted by atomic mass is 32.2. The Labute approximate surface area is 109 Å². The molecule has 2 N–H and O–H groups in total. The van der Waals surface area contributed by atoms with Gasteiger partial charge in [0.05, 0.1) is 4.90 Å². The summed E-state index contributed by atoms with van der Waals surface area (Å²) in [6, 6.07) is 7.38. The Kier molecular flexibility index (Phi) is 4.37. The molecule has 5 heteroatoms. The summed E-state index contributed by atoms with van der Waals surface area (Å²) >= 11 is 0. The van der Waals surface area contributed by atoms with Gasteiger partial charge >= 0.3 is 0 Å². The molecule has 1 aliphatic rings. The third-order valence-electron chi connectivity index (χ3n) is 3.28. The van der Waals surface area contributed by atoms with Crippen molar-refractivity contribution in [3.63, 3.8) is 0 Å². The average molecular weight is 268 g/mol. The summed E-state index contributed by atoms with van der Waals surface area (Å²) in [6.07, 6.45) is 3.19. The van der Waals surface area contributed by atoms with Crippen LogP contribution in [0.3, 0.4) is 0 Å². The van der Waals surface area contributed by atoms with Crippen molar-refractivity contribution in [2.45, 2.75) is 37.1 Å². The Balaban J connectivity index is 1.88. The van der Waals surface area contributed by atoms with E-state index < -0.39 is 10.0 Å². The SMILES string of the molecule is Cc1ccc(S(=O)(=O)NCC[C@H]2CCCN2)cc1. The second-order valence-electron chi connectivity index (χ2n) is 4.79. The zero-order chi connectivity index (χ0) is 13.0. The molecular formula is C13H20N2O2S. The molecular weight excluding hydrogens is 248 g/mol. The molecule has 0 bridgehead atoms. The van der Waals surface area contributed by atoms with E-state index in [1.165, 1.54) is 6.42 Å². The van der Waals surface area contributed by atoms with Crippen LogP contribution in [0.5, 0.6) is 0 Å². The van der Waals surface area contributed by atoms with Gasteiger partial charge in [0, 0.05) is 12.6 Å². The van der Waals surface area contributed by atoms with E-state index >= 15 is 0 Å². The largest absolute Gasteiger partial charge is 0.314 e. The van der Waals surface area contributed by atoms with Crippen LogP contribution in [0.2, 0.25) is 0 Å². The van der Waals surface area contributed by atoms with E-state index in [0.29, 0.717) is 17.5 Å². The van der Waals surface area contributed by atoms with Crippen LogP contribution in [0.25, 0.3) is 0 Å². The highest BCUT2D eigenvalue weighted by molar-refractivity contribution is 7.89. The molecule has 2 rings (SSSR count). The summed E-state index contributed by atoms with van der Waals surface area (Å²) in [5.74, 6) is 0. The summed E-state index contributed by atoms with van der Waals surface area (Å²) in [5.41, 5.74) is 1.06. The minimum atomic E-state index is -3.35. The summed E-state index contributed by atoms with van der Waals surface area (Å²) in [4.78, 5) is 0.340. The zero-order valence-corrected chi connectivity index (χ0v) is 11.5. The van der Waals surface area contributed by atoms with Crippen LogP contribution in [0.15, 0.2) is 29.2 Å². The van der Waals surface area contributed by atoms with Gasteiger partial charge < -0.3 is 5.32 Å². The lowest BCUT2D eigenvalue weighted by Crippen LogP contribution is -2.30. The van der Waals surface area contributed by atoms with Crippen molar-refractivity contribution in [3.05, 3.63) is 29.8 Å². The quantitative estimate of drug-likeness (QED) is 0.849. The monoisotopic (exact) mass is 268 g/mol. The number of hydrogen-bond donors (Lipinski definition) is 2. The first kappa shape index (κ1) is 13.5. The molecule has 0 radical (unpaired) electrons. The molecule has 1 aliphatic heterocycles. The van der Waals surface area contributed by atoms with Gasteiger partial charge in [-0.2, -0.15) is 0 Å². The molecule has 0 amide bonds. The summed E-state index contributed by atoms with van der Waals surface area (Å²) in [5, 5.41) is 3.36. The van der Waals surface area contributed by atoms with Gasteiger partial charge in [-0.25, -0.2) is 13.1 Å². The van der Waals surface area contributed by atoms with E-state index in [9.17, 15) is 8.42 Å². The van der Waals surface area contributed by atoms with Crippen LogP contribution in [-0.2, 0) is 10.0 Å². The van der Waals surface area contributed by atoms with Crippen molar-refractivity contribution in [3.8, 4) is 0 Å². The van der Waals surface area contributed by atoms with Crippen molar-refractivity contribution in [2.24, 2.45) is 0 Å². The Morgan fingerprint density at radius 3 is 2.67 bits per heavy atom. The van der Waals surface area contributed by atoms with E-state index in [4.69, 9.17) is 0 Å². The molecule has 4 nitrogen and oxygen atoms in total. The Hall–Kier alpha value is -0.910. The molecule has 0 aromatic heterocycles. The summed E-state index contributed by atoms with van der Waals surface area (Å²) in [6.45, 7) is 3.48. The maximum Gasteiger partial charge on any atom is 0.240 e. The molecule has 1 fully saturated rings. The molecule has 0 saturated carbocycles. The maximum atomic E-state index is 12.0. The van der Waals surface area contributed by atoms with E-state index in [1.54, 1.807) is 12.1 Å². The number of hydrogen-bond acceptors (Lipinski definition) is 3. The minimum Gasteiger partial charge on any atom is -0.314 e. The first-order valence-corrected chi connectivity index (χ1v) is 7.86. The smallest absolute Gasteiger partial charge is 0.240 e. The predicted octanol–water partition coefficient (Wildman–Crippen LogP) is 1.42. The van der Waals surface area contributed by atoms with Gasteiger partial charge in [0.2, 0.25) is 10.0 Å². The highest BCUT2D eigenvalue weighted by Gasteiger charge is 2.16. The average Bonchev–Trinajstić information content (AvgIpc) is 2.82. The Morgan fingerprint density at radius 2 is 2.06 bits per heavy atom. The molecule has 18 heavy (non-hydrogen) atoms. The Bertz CT molecular complexity index is 476. The molecule has 1 saturated heterocycles. The number of rotatable bonds is 5. The summed E-state index contributed by atoms with van der Waals surface area (Å²) < 4.78 is 26.6. The zero-order valence-electron chi connectivity index (χ0n) is 10.6. The van der Waals surface area contributed by atoms with Crippen molar-refractivity contribution in [2.75, 3.05) is 13.1 Å². The number of nitrogens with one attached hydrogen (secondary N) is 2. The van der Waals surface area contributed by atoms with Gasteiger partial charge in [-0.05, 0) is 44.9 Å². The summed E-state index contributed by atoms with van der Waals surface area (Å²) in [7, 11) is -3.35.